The van der Waals surface area contributed by atoms with Gasteiger partial charge in [0.2, 0.25) is 5.95 Å². The summed E-state index contributed by atoms with van der Waals surface area (Å²) in [5, 5.41) is 26.2. The number of H-pyrrole nitrogens is 1. The SMILES string of the molecule is Nc1nc2c(nnn2C2CC(O)C(CO)O2)c(=O)[nH]1. The van der Waals surface area contributed by atoms with Crippen LogP contribution in [0, 0.1) is 0 Å². The topological polar surface area (TPSA) is 152 Å². The number of aromatic nitrogens is 5. The molecule has 0 aliphatic carbocycles. The van der Waals surface area contributed by atoms with Crippen molar-refractivity contribution in [3.63, 3.8) is 0 Å². The molecule has 2 aromatic heterocycles. The van der Waals surface area contributed by atoms with Crippen LogP contribution in [0.25, 0.3) is 11.2 Å². The zero-order chi connectivity index (χ0) is 13.6. The molecular formula is C9H12N6O4. The summed E-state index contributed by atoms with van der Waals surface area (Å²) in [4.78, 5) is 17.9. The van der Waals surface area contributed by atoms with Crippen molar-refractivity contribution in [3.05, 3.63) is 10.4 Å². The van der Waals surface area contributed by atoms with E-state index < -0.39 is 24.0 Å². The van der Waals surface area contributed by atoms with Crippen molar-refractivity contribution in [2.24, 2.45) is 0 Å². The van der Waals surface area contributed by atoms with Gasteiger partial charge in [0, 0.05) is 6.42 Å². The van der Waals surface area contributed by atoms with E-state index in [0.29, 0.717) is 0 Å². The lowest BCUT2D eigenvalue weighted by atomic mass is 10.2. The minimum Gasteiger partial charge on any atom is -0.394 e. The third-order valence-corrected chi connectivity index (χ3v) is 3.01. The molecule has 0 spiro atoms. The summed E-state index contributed by atoms with van der Waals surface area (Å²) in [5.74, 6) is -0.0571. The maximum atomic E-state index is 11.6. The predicted octanol–water partition coefficient (Wildman–Crippen LogP) is -2.26. The molecule has 0 radical (unpaired) electrons. The molecule has 3 atom stereocenters. The van der Waals surface area contributed by atoms with Gasteiger partial charge in [0.15, 0.2) is 17.4 Å². The Balaban J connectivity index is 2.05. The molecule has 10 heteroatoms. The number of aromatic amines is 1. The van der Waals surface area contributed by atoms with Gasteiger partial charge >= 0.3 is 0 Å². The Morgan fingerprint density at radius 1 is 1.58 bits per heavy atom. The van der Waals surface area contributed by atoms with Gasteiger partial charge in [-0.1, -0.05) is 5.21 Å². The lowest BCUT2D eigenvalue weighted by molar-refractivity contribution is -0.0476. The average molecular weight is 268 g/mol. The monoisotopic (exact) mass is 268 g/mol. The minimum atomic E-state index is -0.811. The average Bonchev–Trinajstić information content (AvgIpc) is 2.92. The van der Waals surface area contributed by atoms with E-state index in [1.807, 2.05) is 0 Å². The number of nitrogens with two attached hydrogens (primary N) is 1. The molecule has 0 aromatic carbocycles. The predicted molar refractivity (Wildman–Crippen MR) is 62.0 cm³/mol. The number of rotatable bonds is 2. The van der Waals surface area contributed by atoms with Gasteiger partial charge in [-0.3, -0.25) is 9.78 Å². The van der Waals surface area contributed by atoms with Crippen LogP contribution in [-0.4, -0.2) is 54.0 Å². The molecule has 1 aliphatic rings. The van der Waals surface area contributed by atoms with Crippen molar-refractivity contribution in [1.82, 2.24) is 25.0 Å². The van der Waals surface area contributed by atoms with E-state index in [9.17, 15) is 9.90 Å². The molecule has 1 saturated heterocycles. The number of aliphatic hydroxyl groups is 2. The number of ether oxygens (including phenoxy) is 1. The summed E-state index contributed by atoms with van der Waals surface area (Å²) in [5.41, 5.74) is 5.19. The smallest absolute Gasteiger partial charge is 0.282 e. The van der Waals surface area contributed by atoms with Crippen LogP contribution in [0.3, 0.4) is 0 Å². The van der Waals surface area contributed by atoms with Crippen LogP contribution in [-0.2, 0) is 4.74 Å². The first-order valence-corrected chi connectivity index (χ1v) is 5.65. The van der Waals surface area contributed by atoms with Crippen molar-refractivity contribution in [2.45, 2.75) is 24.9 Å². The number of anilines is 1. The van der Waals surface area contributed by atoms with Crippen LogP contribution < -0.4 is 11.3 Å². The summed E-state index contributed by atoms with van der Waals surface area (Å²) in [6.07, 6.45) is -1.93. The molecular weight excluding hydrogens is 256 g/mol. The number of nitrogens with zero attached hydrogens (tertiary/aromatic N) is 4. The van der Waals surface area contributed by atoms with Crippen molar-refractivity contribution >= 4 is 17.1 Å². The van der Waals surface area contributed by atoms with Gasteiger partial charge in [0.25, 0.3) is 5.56 Å². The van der Waals surface area contributed by atoms with Crippen molar-refractivity contribution in [3.8, 4) is 0 Å². The summed E-state index contributed by atoms with van der Waals surface area (Å²) in [6.45, 7) is -0.305. The Labute approximate surface area is 105 Å². The highest BCUT2D eigenvalue weighted by Gasteiger charge is 2.36. The van der Waals surface area contributed by atoms with E-state index in [2.05, 4.69) is 20.3 Å². The van der Waals surface area contributed by atoms with Crippen LogP contribution in [0.1, 0.15) is 12.6 Å². The normalized spacial score (nSPS) is 27.2. The van der Waals surface area contributed by atoms with Crippen LogP contribution in [0.5, 0.6) is 0 Å². The fourth-order valence-corrected chi connectivity index (χ4v) is 2.08. The van der Waals surface area contributed by atoms with Gasteiger partial charge in [0.05, 0.1) is 12.7 Å². The van der Waals surface area contributed by atoms with Gasteiger partial charge in [-0.25, -0.2) is 0 Å². The second kappa shape index (κ2) is 4.26. The Bertz CT molecular complexity index is 666. The zero-order valence-electron chi connectivity index (χ0n) is 9.72. The summed E-state index contributed by atoms with van der Waals surface area (Å²) < 4.78 is 6.70. The van der Waals surface area contributed by atoms with Gasteiger partial charge in [-0.15, -0.1) is 5.10 Å². The fourth-order valence-electron chi connectivity index (χ4n) is 2.08. The van der Waals surface area contributed by atoms with Crippen LogP contribution in [0.2, 0.25) is 0 Å². The molecule has 0 saturated carbocycles. The first-order valence-electron chi connectivity index (χ1n) is 5.65. The third kappa shape index (κ3) is 1.85. The van der Waals surface area contributed by atoms with Crippen LogP contribution in [0.15, 0.2) is 4.79 Å². The maximum Gasteiger partial charge on any atom is 0.282 e. The highest BCUT2D eigenvalue weighted by molar-refractivity contribution is 5.69. The Hall–Kier alpha value is -2.04. The fraction of sp³-hybridized carbons (Fsp3) is 0.556. The third-order valence-electron chi connectivity index (χ3n) is 3.01. The molecule has 1 aliphatic heterocycles. The van der Waals surface area contributed by atoms with E-state index in [-0.39, 0.29) is 30.1 Å². The number of hydrogen-bond acceptors (Lipinski definition) is 8. The Kier molecular flexibility index (Phi) is 2.69. The van der Waals surface area contributed by atoms with Gasteiger partial charge in [-0.05, 0) is 0 Å². The molecule has 3 unspecified atom stereocenters. The number of aliphatic hydroxyl groups excluding tert-OH is 2. The number of nitrogens with one attached hydrogen (secondary N) is 1. The molecule has 19 heavy (non-hydrogen) atoms. The van der Waals surface area contributed by atoms with Crippen molar-refractivity contribution in [2.75, 3.05) is 12.3 Å². The highest BCUT2D eigenvalue weighted by atomic mass is 16.5. The van der Waals surface area contributed by atoms with E-state index in [1.54, 1.807) is 0 Å². The van der Waals surface area contributed by atoms with Crippen LogP contribution >= 0.6 is 0 Å². The summed E-state index contributed by atoms with van der Waals surface area (Å²) in [6, 6.07) is 0. The highest BCUT2D eigenvalue weighted by Crippen LogP contribution is 2.29. The van der Waals surface area contributed by atoms with Gasteiger partial charge in [0.1, 0.15) is 6.10 Å². The first kappa shape index (κ1) is 12.0. The zero-order valence-corrected chi connectivity index (χ0v) is 9.72. The lowest BCUT2D eigenvalue weighted by Gasteiger charge is -2.11. The second-order valence-electron chi connectivity index (χ2n) is 4.27. The molecule has 0 bridgehead atoms. The minimum absolute atomic E-state index is 0.0414. The molecule has 3 heterocycles. The Morgan fingerprint density at radius 3 is 3.05 bits per heavy atom. The maximum absolute atomic E-state index is 11.6. The Morgan fingerprint density at radius 2 is 2.37 bits per heavy atom. The molecule has 0 amide bonds. The van der Waals surface area contributed by atoms with Gasteiger partial charge < -0.3 is 20.7 Å². The van der Waals surface area contributed by atoms with E-state index in [0.717, 1.165) is 0 Å². The largest absolute Gasteiger partial charge is 0.394 e. The molecule has 10 nitrogen and oxygen atoms in total. The molecule has 5 N–H and O–H groups in total. The van der Waals surface area contributed by atoms with Gasteiger partial charge in [-0.2, -0.15) is 9.67 Å². The first-order chi connectivity index (χ1) is 9.10. The van der Waals surface area contributed by atoms with Crippen molar-refractivity contribution < 1.29 is 14.9 Å². The lowest BCUT2D eigenvalue weighted by Crippen LogP contribution is -2.24. The van der Waals surface area contributed by atoms with E-state index in [4.69, 9.17) is 15.6 Å². The van der Waals surface area contributed by atoms with Crippen molar-refractivity contribution in [1.29, 1.82) is 0 Å². The number of hydrogen-bond donors (Lipinski definition) is 4. The van der Waals surface area contributed by atoms with E-state index >= 15 is 0 Å². The van der Waals surface area contributed by atoms with Crippen LogP contribution in [0.4, 0.5) is 5.95 Å². The quantitative estimate of drug-likeness (QED) is 0.476. The van der Waals surface area contributed by atoms with E-state index in [1.165, 1.54) is 4.68 Å². The summed E-state index contributed by atoms with van der Waals surface area (Å²) in [7, 11) is 0. The summed E-state index contributed by atoms with van der Waals surface area (Å²) >= 11 is 0. The molecule has 102 valence electrons. The second-order valence-corrected chi connectivity index (χ2v) is 4.27. The molecule has 1 fully saturated rings. The molecule has 2 aromatic rings. The standard InChI is InChI=1S/C9H12N6O4/c10-9-11-7-6(8(18)12-9)13-14-15(7)5-1-3(17)4(2-16)19-5/h3-5,16-17H,1-2H2,(H3,10,11,12,18). The number of fused-ring (bicyclic) bond motifs is 1. The number of nitrogen functional groups attached to an aromatic ring is 1. The molecule has 3 rings (SSSR count).